The average Bonchev–Trinajstić information content (AvgIpc) is 2.46. The zero-order valence-electron chi connectivity index (χ0n) is 11.2. The van der Waals surface area contributed by atoms with E-state index in [1.54, 1.807) is 24.3 Å². The first kappa shape index (κ1) is 15.0. The predicted molar refractivity (Wildman–Crippen MR) is 79.2 cm³/mol. The quantitative estimate of drug-likeness (QED) is 0.877. The maximum Gasteiger partial charge on any atom is 0.123 e. The molecule has 106 valence electrons. The van der Waals surface area contributed by atoms with E-state index in [4.69, 9.17) is 11.6 Å². The van der Waals surface area contributed by atoms with Gasteiger partial charge in [-0.05, 0) is 30.3 Å². The second kappa shape index (κ2) is 6.84. The van der Waals surface area contributed by atoms with E-state index < -0.39 is 6.10 Å². The SMILES string of the molecule is CCNC(c1ccc(F)cc1)C(O)c1ccccc1Cl. The number of benzene rings is 2. The van der Waals surface area contributed by atoms with E-state index >= 15 is 0 Å². The Morgan fingerprint density at radius 1 is 1.15 bits per heavy atom. The summed E-state index contributed by atoms with van der Waals surface area (Å²) in [5.74, 6) is -0.295. The molecule has 2 nitrogen and oxygen atoms in total. The number of rotatable bonds is 5. The molecule has 2 rings (SSSR count). The minimum Gasteiger partial charge on any atom is -0.386 e. The normalized spacial score (nSPS) is 14.0. The van der Waals surface area contributed by atoms with Gasteiger partial charge in [0.25, 0.3) is 0 Å². The van der Waals surface area contributed by atoms with Crippen LogP contribution >= 0.6 is 11.6 Å². The molecule has 0 aliphatic rings. The van der Waals surface area contributed by atoms with Gasteiger partial charge in [0, 0.05) is 10.6 Å². The Morgan fingerprint density at radius 3 is 2.40 bits per heavy atom. The van der Waals surface area contributed by atoms with Crippen LogP contribution in [0.3, 0.4) is 0 Å². The number of nitrogens with one attached hydrogen (secondary N) is 1. The second-order valence-electron chi connectivity index (χ2n) is 4.55. The summed E-state index contributed by atoms with van der Waals surface area (Å²) in [5, 5.41) is 14.3. The molecule has 0 aliphatic heterocycles. The Kier molecular flexibility index (Phi) is 5.12. The monoisotopic (exact) mass is 293 g/mol. The first-order valence-electron chi connectivity index (χ1n) is 6.54. The summed E-state index contributed by atoms with van der Waals surface area (Å²) in [5.41, 5.74) is 1.48. The van der Waals surface area contributed by atoms with E-state index in [0.29, 0.717) is 17.1 Å². The molecule has 0 saturated heterocycles. The lowest BCUT2D eigenvalue weighted by Crippen LogP contribution is -2.27. The zero-order chi connectivity index (χ0) is 14.5. The Balaban J connectivity index is 2.33. The molecule has 0 spiro atoms. The fraction of sp³-hybridized carbons (Fsp3) is 0.250. The Hall–Kier alpha value is -1.42. The van der Waals surface area contributed by atoms with Gasteiger partial charge in [0.05, 0.1) is 12.1 Å². The van der Waals surface area contributed by atoms with Crippen molar-refractivity contribution >= 4 is 11.6 Å². The van der Waals surface area contributed by atoms with E-state index in [1.807, 2.05) is 19.1 Å². The van der Waals surface area contributed by atoms with E-state index in [0.717, 1.165) is 5.56 Å². The smallest absolute Gasteiger partial charge is 0.123 e. The van der Waals surface area contributed by atoms with Crippen molar-refractivity contribution in [2.24, 2.45) is 0 Å². The van der Waals surface area contributed by atoms with Gasteiger partial charge in [-0.25, -0.2) is 4.39 Å². The Labute approximate surface area is 123 Å². The summed E-state index contributed by atoms with van der Waals surface area (Å²) < 4.78 is 13.0. The van der Waals surface area contributed by atoms with Gasteiger partial charge in [-0.2, -0.15) is 0 Å². The number of hydrogen-bond donors (Lipinski definition) is 2. The summed E-state index contributed by atoms with van der Waals surface area (Å²) in [7, 11) is 0. The van der Waals surface area contributed by atoms with Crippen molar-refractivity contribution in [3.05, 3.63) is 70.5 Å². The molecule has 2 atom stereocenters. The van der Waals surface area contributed by atoms with Crippen LogP contribution < -0.4 is 5.32 Å². The number of hydrogen-bond acceptors (Lipinski definition) is 2. The number of aliphatic hydroxyl groups excluding tert-OH is 1. The summed E-state index contributed by atoms with van der Waals surface area (Å²) >= 11 is 6.13. The van der Waals surface area contributed by atoms with Gasteiger partial charge in [0.1, 0.15) is 5.82 Å². The molecule has 0 radical (unpaired) electrons. The van der Waals surface area contributed by atoms with Crippen molar-refractivity contribution in [3.63, 3.8) is 0 Å². The predicted octanol–water partition coefficient (Wildman–Crippen LogP) is 3.86. The number of aliphatic hydroxyl groups is 1. The summed E-state index contributed by atoms with van der Waals surface area (Å²) in [6.45, 7) is 2.64. The molecular weight excluding hydrogens is 277 g/mol. The Morgan fingerprint density at radius 2 is 1.80 bits per heavy atom. The maximum absolute atomic E-state index is 13.0. The van der Waals surface area contributed by atoms with Crippen molar-refractivity contribution in [3.8, 4) is 0 Å². The highest BCUT2D eigenvalue weighted by molar-refractivity contribution is 6.31. The lowest BCUT2D eigenvalue weighted by atomic mass is 9.95. The molecular formula is C16H17ClFNO. The molecule has 4 heteroatoms. The van der Waals surface area contributed by atoms with Crippen molar-refractivity contribution in [1.82, 2.24) is 5.32 Å². The molecule has 2 unspecified atom stereocenters. The summed E-state index contributed by atoms with van der Waals surface area (Å²) in [4.78, 5) is 0. The summed E-state index contributed by atoms with van der Waals surface area (Å²) in [6.07, 6.45) is -0.797. The lowest BCUT2D eigenvalue weighted by molar-refractivity contribution is 0.129. The first-order chi connectivity index (χ1) is 9.63. The minimum atomic E-state index is -0.797. The van der Waals surface area contributed by atoms with Crippen LogP contribution in [0.5, 0.6) is 0 Å². The van der Waals surface area contributed by atoms with Gasteiger partial charge in [0.2, 0.25) is 0 Å². The second-order valence-corrected chi connectivity index (χ2v) is 4.96. The van der Waals surface area contributed by atoms with Crippen LogP contribution in [-0.4, -0.2) is 11.7 Å². The molecule has 2 aromatic rings. The van der Waals surface area contributed by atoms with E-state index in [-0.39, 0.29) is 11.9 Å². The van der Waals surface area contributed by atoms with Crippen molar-refractivity contribution in [2.75, 3.05) is 6.54 Å². The maximum atomic E-state index is 13.0. The molecule has 20 heavy (non-hydrogen) atoms. The van der Waals surface area contributed by atoms with Crippen molar-refractivity contribution in [1.29, 1.82) is 0 Å². The fourth-order valence-corrected chi connectivity index (χ4v) is 2.44. The van der Waals surface area contributed by atoms with Gasteiger partial charge in [-0.3, -0.25) is 0 Å². The van der Waals surface area contributed by atoms with Crippen LogP contribution in [0.4, 0.5) is 4.39 Å². The van der Waals surface area contributed by atoms with Crippen LogP contribution in [0.2, 0.25) is 5.02 Å². The minimum absolute atomic E-state index is 0.295. The molecule has 2 aromatic carbocycles. The lowest BCUT2D eigenvalue weighted by Gasteiger charge is -2.25. The molecule has 2 N–H and O–H groups in total. The molecule has 0 aliphatic carbocycles. The third-order valence-corrected chi connectivity index (χ3v) is 3.54. The summed E-state index contributed by atoms with van der Waals surface area (Å²) in [6, 6.07) is 13.0. The van der Waals surface area contributed by atoms with Crippen molar-refractivity contribution in [2.45, 2.75) is 19.1 Å². The third-order valence-electron chi connectivity index (χ3n) is 3.19. The molecule has 0 amide bonds. The van der Waals surface area contributed by atoms with Crippen LogP contribution in [-0.2, 0) is 0 Å². The largest absolute Gasteiger partial charge is 0.386 e. The van der Waals surface area contributed by atoms with Gasteiger partial charge < -0.3 is 10.4 Å². The van der Waals surface area contributed by atoms with E-state index in [2.05, 4.69) is 5.32 Å². The van der Waals surface area contributed by atoms with E-state index in [9.17, 15) is 9.50 Å². The van der Waals surface area contributed by atoms with Gasteiger partial charge in [-0.15, -0.1) is 0 Å². The van der Waals surface area contributed by atoms with Gasteiger partial charge in [0.15, 0.2) is 0 Å². The Bertz CT molecular complexity index is 559. The molecule has 0 heterocycles. The van der Waals surface area contributed by atoms with Gasteiger partial charge >= 0.3 is 0 Å². The molecule has 0 bridgehead atoms. The van der Waals surface area contributed by atoms with Crippen LogP contribution in [0.15, 0.2) is 48.5 Å². The van der Waals surface area contributed by atoms with E-state index in [1.165, 1.54) is 12.1 Å². The van der Waals surface area contributed by atoms with Crippen LogP contribution in [0.1, 0.15) is 30.2 Å². The zero-order valence-corrected chi connectivity index (χ0v) is 11.9. The standard InChI is InChI=1S/C16H17ClFNO/c1-2-19-15(11-7-9-12(18)10-8-11)16(20)13-5-3-4-6-14(13)17/h3-10,15-16,19-20H,2H2,1H3. The third kappa shape index (κ3) is 3.37. The number of halogens is 2. The highest BCUT2D eigenvalue weighted by Gasteiger charge is 2.23. The first-order valence-corrected chi connectivity index (χ1v) is 6.92. The molecule has 0 aromatic heterocycles. The average molecular weight is 294 g/mol. The number of likely N-dealkylation sites (N-methyl/N-ethyl adjacent to an activating group) is 1. The van der Waals surface area contributed by atoms with Gasteiger partial charge in [-0.1, -0.05) is 48.9 Å². The highest BCUT2D eigenvalue weighted by atomic mass is 35.5. The molecule has 0 saturated carbocycles. The topological polar surface area (TPSA) is 32.3 Å². The van der Waals surface area contributed by atoms with Crippen molar-refractivity contribution < 1.29 is 9.50 Å². The molecule has 0 fully saturated rings. The fourth-order valence-electron chi connectivity index (χ4n) is 2.20. The van der Waals surface area contributed by atoms with Crippen LogP contribution in [0.25, 0.3) is 0 Å². The highest BCUT2D eigenvalue weighted by Crippen LogP contribution is 2.32. The van der Waals surface area contributed by atoms with Crippen LogP contribution in [0, 0.1) is 5.82 Å².